The lowest BCUT2D eigenvalue weighted by Crippen LogP contribution is -2.46. The third kappa shape index (κ3) is 5.45. The summed E-state index contributed by atoms with van der Waals surface area (Å²) in [6.45, 7) is 1.84. The minimum atomic E-state index is -3.89. The van der Waals surface area contributed by atoms with Crippen molar-refractivity contribution in [3.05, 3.63) is 66.0 Å². The molecule has 0 aromatic heterocycles. The van der Waals surface area contributed by atoms with Crippen LogP contribution in [-0.4, -0.2) is 68.9 Å². The van der Waals surface area contributed by atoms with Crippen LogP contribution in [0.3, 0.4) is 0 Å². The highest BCUT2D eigenvalue weighted by Gasteiger charge is 2.37. The number of morpholine rings is 1. The van der Waals surface area contributed by atoms with Crippen LogP contribution >= 0.6 is 0 Å². The molecule has 0 N–H and O–H groups in total. The van der Waals surface area contributed by atoms with Gasteiger partial charge in [0.1, 0.15) is 5.82 Å². The minimum absolute atomic E-state index is 0.0347. The lowest BCUT2D eigenvalue weighted by atomic mass is 9.99. The summed E-state index contributed by atoms with van der Waals surface area (Å²) >= 11 is 0. The van der Waals surface area contributed by atoms with Gasteiger partial charge in [-0.05, 0) is 37.1 Å². The summed E-state index contributed by atoms with van der Waals surface area (Å²) in [4.78, 5) is 27.9. The molecule has 2 aromatic carbocycles. The van der Waals surface area contributed by atoms with Crippen LogP contribution in [0, 0.1) is 11.7 Å². The molecule has 0 spiro atoms. The molecule has 0 radical (unpaired) electrons. The van der Waals surface area contributed by atoms with E-state index in [1.54, 1.807) is 35.2 Å². The maximum Gasteiger partial charge on any atom is 0.311 e. The van der Waals surface area contributed by atoms with Crippen molar-refractivity contribution < 1.29 is 31.9 Å². The standard InChI is InChI=1S/C24H27FN2O6S/c25-20-8-10-21(11-9-20)34(30,31)27-12-4-7-19(17-27)24(29)33-22(18-5-2-1-3-6-18)23(28)26-13-15-32-16-14-26/h1-3,5-6,8-11,19,22H,4,7,12-17H2. The number of benzene rings is 2. The Morgan fingerprint density at radius 1 is 1.00 bits per heavy atom. The Kier molecular flexibility index (Phi) is 7.60. The number of piperidine rings is 1. The molecule has 182 valence electrons. The molecule has 0 bridgehead atoms. The lowest BCUT2D eigenvalue weighted by molar-refractivity contribution is -0.166. The first-order valence-corrected chi connectivity index (χ1v) is 12.7. The second kappa shape index (κ2) is 10.6. The fourth-order valence-corrected chi connectivity index (χ4v) is 5.68. The first-order chi connectivity index (χ1) is 16.4. The molecule has 1 amide bonds. The summed E-state index contributed by atoms with van der Waals surface area (Å²) in [6.07, 6.45) is -0.203. The van der Waals surface area contributed by atoms with E-state index in [0.29, 0.717) is 44.7 Å². The average molecular weight is 491 g/mol. The summed E-state index contributed by atoms with van der Waals surface area (Å²) in [5, 5.41) is 0. The number of esters is 1. The summed E-state index contributed by atoms with van der Waals surface area (Å²) < 4.78 is 51.5. The molecular formula is C24H27FN2O6S. The highest BCUT2D eigenvalue weighted by molar-refractivity contribution is 7.89. The van der Waals surface area contributed by atoms with Crippen LogP contribution < -0.4 is 0 Å². The molecule has 2 aliphatic rings. The molecule has 2 atom stereocenters. The van der Waals surface area contributed by atoms with Gasteiger partial charge in [-0.3, -0.25) is 9.59 Å². The number of hydrogen-bond donors (Lipinski definition) is 0. The lowest BCUT2D eigenvalue weighted by Gasteiger charge is -2.33. The SMILES string of the molecule is O=C(OC(C(=O)N1CCOCC1)c1ccccc1)C1CCCN(S(=O)(=O)c2ccc(F)cc2)C1. The zero-order valence-electron chi connectivity index (χ0n) is 18.6. The van der Waals surface area contributed by atoms with E-state index in [1.165, 1.54) is 16.4 Å². The maximum absolute atomic E-state index is 13.2. The second-order valence-electron chi connectivity index (χ2n) is 8.32. The minimum Gasteiger partial charge on any atom is -0.447 e. The predicted molar refractivity (Wildman–Crippen MR) is 121 cm³/mol. The van der Waals surface area contributed by atoms with Crippen molar-refractivity contribution in [2.75, 3.05) is 39.4 Å². The Balaban J connectivity index is 1.49. The number of halogens is 1. The second-order valence-corrected chi connectivity index (χ2v) is 10.3. The summed E-state index contributed by atoms with van der Waals surface area (Å²) in [5.74, 6) is -2.19. The van der Waals surface area contributed by atoms with Gasteiger partial charge in [-0.1, -0.05) is 30.3 Å². The molecule has 34 heavy (non-hydrogen) atoms. The maximum atomic E-state index is 13.2. The number of sulfonamides is 1. The van der Waals surface area contributed by atoms with Gasteiger partial charge in [0.2, 0.25) is 16.1 Å². The predicted octanol–water partition coefficient (Wildman–Crippen LogP) is 2.37. The van der Waals surface area contributed by atoms with E-state index in [1.807, 2.05) is 0 Å². The third-order valence-electron chi connectivity index (χ3n) is 6.05. The van der Waals surface area contributed by atoms with E-state index in [4.69, 9.17) is 9.47 Å². The molecule has 10 heteroatoms. The molecule has 0 saturated carbocycles. The zero-order valence-corrected chi connectivity index (χ0v) is 19.5. The van der Waals surface area contributed by atoms with Crippen LogP contribution in [0.1, 0.15) is 24.5 Å². The number of carbonyl (C=O) groups excluding carboxylic acids is 2. The Morgan fingerprint density at radius 3 is 2.35 bits per heavy atom. The van der Waals surface area contributed by atoms with Crippen molar-refractivity contribution in [2.45, 2.75) is 23.8 Å². The average Bonchev–Trinajstić information content (AvgIpc) is 2.88. The van der Waals surface area contributed by atoms with E-state index >= 15 is 0 Å². The van der Waals surface area contributed by atoms with E-state index in [-0.39, 0.29) is 23.9 Å². The first-order valence-electron chi connectivity index (χ1n) is 11.2. The summed E-state index contributed by atoms with van der Waals surface area (Å²) in [7, 11) is -3.89. The van der Waals surface area contributed by atoms with Crippen LogP contribution in [0.15, 0.2) is 59.5 Å². The molecular weight excluding hydrogens is 463 g/mol. The van der Waals surface area contributed by atoms with Crippen LogP contribution in [0.5, 0.6) is 0 Å². The van der Waals surface area contributed by atoms with Gasteiger partial charge in [-0.2, -0.15) is 4.31 Å². The van der Waals surface area contributed by atoms with E-state index < -0.39 is 33.8 Å². The highest BCUT2D eigenvalue weighted by Crippen LogP contribution is 2.28. The van der Waals surface area contributed by atoms with Crippen LogP contribution in [-0.2, 0) is 29.1 Å². The smallest absolute Gasteiger partial charge is 0.311 e. The molecule has 2 aromatic rings. The molecule has 2 heterocycles. The molecule has 2 saturated heterocycles. The van der Waals surface area contributed by atoms with Gasteiger partial charge in [0.15, 0.2) is 0 Å². The third-order valence-corrected chi connectivity index (χ3v) is 7.93. The fraction of sp³-hybridized carbons (Fsp3) is 0.417. The van der Waals surface area contributed by atoms with Crippen LogP contribution in [0.25, 0.3) is 0 Å². The van der Waals surface area contributed by atoms with Gasteiger partial charge in [0.25, 0.3) is 5.91 Å². The molecule has 4 rings (SSSR count). The molecule has 2 fully saturated rings. The van der Waals surface area contributed by atoms with E-state index in [9.17, 15) is 22.4 Å². The van der Waals surface area contributed by atoms with Crippen LogP contribution in [0.2, 0.25) is 0 Å². The van der Waals surface area contributed by atoms with Crippen molar-refractivity contribution >= 4 is 21.9 Å². The number of ether oxygens (including phenoxy) is 2. The Morgan fingerprint density at radius 2 is 1.68 bits per heavy atom. The Hall–Kier alpha value is -2.82. The molecule has 8 nitrogen and oxygen atoms in total. The number of amides is 1. The monoisotopic (exact) mass is 490 g/mol. The number of nitrogens with zero attached hydrogens (tertiary/aromatic N) is 2. The van der Waals surface area contributed by atoms with Crippen molar-refractivity contribution in [1.82, 2.24) is 9.21 Å². The van der Waals surface area contributed by atoms with Gasteiger partial charge in [0.05, 0.1) is 24.0 Å². The van der Waals surface area contributed by atoms with Gasteiger partial charge in [-0.15, -0.1) is 0 Å². The fourth-order valence-electron chi connectivity index (χ4n) is 4.16. The summed E-state index contributed by atoms with van der Waals surface area (Å²) in [6, 6.07) is 13.4. The Bertz CT molecular complexity index is 1100. The van der Waals surface area contributed by atoms with Crippen molar-refractivity contribution in [3.63, 3.8) is 0 Å². The topological polar surface area (TPSA) is 93.2 Å². The number of rotatable bonds is 6. The zero-order chi connectivity index (χ0) is 24.1. The first kappa shape index (κ1) is 24.3. The van der Waals surface area contributed by atoms with Gasteiger partial charge >= 0.3 is 5.97 Å². The summed E-state index contributed by atoms with van der Waals surface area (Å²) in [5.41, 5.74) is 0.555. The van der Waals surface area contributed by atoms with Gasteiger partial charge < -0.3 is 14.4 Å². The van der Waals surface area contributed by atoms with Crippen molar-refractivity contribution in [2.24, 2.45) is 5.92 Å². The number of hydrogen-bond acceptors (Lipinski definition) is 6. The highest BCUT2D eigenvalue weighted by atomic mass is 32.2. The molecule has 2 aliphatic heterocycles. The van der Waals surface area contributed by atoms with Gasteiger partial charge in [-0.25, -0.2) is 12.8 Å². The molecule has 0 aliphatic carbocycles. The quantitative estimate of drug-likeness (QED) is 0.578. The van der Waals surface area contributed by atoms with Crippen molar-refractivity contribution in [1.29, 1.82) is 0 Å². The number of carbonyl (C=O) groups is 2. The van der Waals surface area contributed by atoms with E-state index in [2.05, 4.69) is 0 Å². The normalized spacial score (nSPS) is 20.5. The largest absolute Gasteiger partial charge is 0.447 e. The Labute approximate surface area is 198 Å². The van der Waals surface area contributed by atoms with E-state index in [0.717, 1.165) is 12.1 Å². The van der Waals surface area contributed by atoms with Crippen LogP contribution in [0.4, 0.5) is 4.39 Å². The van der Waals surface area contributed by atoms with Crippen molar-refractivity contribution in [3.8, 4) is 0 Å². The van der Waals surface area contributed by atoms with Gasteiger partial charge in [0, 0.05) is 31.7 Å². The molecule has 2 unspecified atom stereocenters.